The Hall–Kier alpha value is -0.530. The van der Waals surface area contributed by atoms with E-state index in [4.69, 9.17) is 4.74 Å². The molecule has 2 nitrogen and oxygen atoms in total. The van der Waals surface area contributed by atoms with E-state index in [9.17, 15) is 4.79 Å². The molecule has 2 bridgehead atoms. The quantitative estimate of drug-likeness (QED) is 0.681. The van der Waals surface area contributed by atoms with E-state index >= 15 is 0 Å². The number of hydrogen-bond donors (Lipinski definition) is 0. The van der Waals surface area contributed by atoms with E-state index in [0.717, 1.165) is 25.2 Å². The lowest BCUT2D eigenvalue weighted by Crippen LogP contribution is -2.38. The van der Waals surface area contributed by atoms with Crippen LogP contribution in [0.3, 0.4) is 0 Å². The summed E-state index contributed by atoms with van der Waals surface area (Å²) in [6, 6.07) is 0. The molecule has 3 atom stereocenters. The highest BCUT2D eigenvalue weighted by Gasteiger charge is 2.62. The minimum atomic E-state index is 0.0234. The molecular formula is C17H30O2. The first-order chi connectivity index (χ1) is 8.77. The van der Waals surface area contributed by atoms with Crippen LogP contribution in [0.1, 0.15) is 73.1 Å². The van der Waals surface area contributed by atoms with Crippen molar-refractivity contribution in [2.75, 3.05) is 0 Å². The lowest BCUT2D eigenvalue weighted by Gasteiger charge is -2.38. The Morgan fingerprint density at radius 1 is 1.32 bits per heavy atom. The van der Waals surface area contributed by atoms with Gasteiger partial charge in [-0.25, -0.2) is 0 Å². The van der Waals surface area contributed by atoms with Crippen molar-refractivity contribution >= 4 is 5.97 Å². The van der Waals surface area contributed by atoms with Gasteiger partial charge in [-0.1, -0.05) is 41.0 Å². The normalized spacial score (nSPS) is 35.9. The number of esters is 1. The van der Waals surface area contributed by atoms with E-state index in [1.807, 2.05) is 0 Å². The van der Waals surface area contributed by atoms with Crippen LogP contribution in [0.2, 0.25) is 0 Å². The van der Waals surface area contributed by atoms with Gasteiger partial charge in [0.05, 0.1) is 0 Å². The second kappa shape index (κ2) is 5.10. The zero-order valence-electron chi connectivity index (χ0n) is 13.3. The summed E-state index contributed by atoms with van der Waals surface area (Å²) in [5.41, 5.74) is 0.529. The van der Waals surface area contributed by atoms with Gasteiger partial charge in [0.1, 0.15) is 6.10 Å². The van der Waals surface area contributed by atoms with Gasteiger partial charge in [-0.05, 0) is 42.9 Å². The Morgan fingerprint density at radius 3 is 2.47 bits per heavy atom. The summed E-state index contributed by atoms with van der Waals surface area (Å²) in [5.74, 6) is 1.44. The summed E-state index contributed by atoms with van der Waals surface area (Å²) in [6.45, 7) is 11.4. The summed E-state index contributed by atoms with van der Waals surface area (Å²) in [5, 5.41) is 0. The van der Waals surface area contributed by atoms with E-state index in [-0.39, 0.29) is 17.5 Å². The van der Waals surface area contributed by atoms with Crippen LogP contribution in [-0.2, 0) is 9.53 Å². The molecule has 0 spiro atoms. The fraction of sp³-hybridized carbons (Fsp3) is 0.941. The maximum absolute atomic E-state index is 12.0. The minimum absolute atomic E-state index is 0.0234. The lowest BCUT2D eigenvalue weighted by molar-refractivity contribution is -0.157. The van der Waals surface area contributed by atoms with Gasteiger partial charge in [-0.3, -0.25) is 4.79 Å². The van der Waals surface area contributed by atoms with Crippen molar-refractivity contribution in [2.24, 2.45) is 22.7 Å². The lowest BCUT2D eigenvalue weighted by atomic mass is 9.70. The Labute approximate surface area is 118 Å². The van der Waals surface area contributed by atoms with Crippen molar-refractivity contribution in [2.45, 2.75) is 79.2 Å². The average molecular weight is 266 g/mol. The Bertz CT molecular complexity index is 345. The fourth-order valence-electron chi connectivity index (χ4n) is 4.18. The number of carbonyl (C=O) groups excluding carboxylic acids is 1. The fourth-order valence-corrected chi connectivity index (χ4v) is 4.18. The summed E-state index contributed by atoms with van der Waals surface area (Å²) in [7, 11) is 0. The van der Waals surface area contributed by atoms with Crippen LogP contribution in [0.4, 0.5) is 0 Å². The van der Waals surface area contributed by atoms with Gasteiger partial charge in [-0.15, -0.1) is 0 Å². The van der Waals surface area contributed by atoms with Gasteiger partial charge in [0.2, 0.25) is 0 Å². The monoisotopic (exact) mass is 266 g/mol. The molecule has 0 amide bonds. The molecule has 0 saturated heterocycles. The van der Waals surface area contributed by atoms with Crippen molar-refractivity contribution in [1.82, 2.24) is 0 Å². The van der Waals surface area contributed by atoms with Gasteiger partial charge >= 0.3 is 5.97 Å². The van der Waals surface area contributed by atoms with Crippen LogP contribution in [-0.4, -0.2) is 12.1 Å². The first-order valence-electron chi connectivity index (χ1n) is 7.97. The molecule has 0 unspecified atom stereocenters. The van der Waals surface area contributed by atoms with E-state index in [0.29, 0.717) is 17.8 Å². The van der Waals surface area contributed by atoms with E-state index in [2.05, 4.69) is 34.6 Å². The zero-order valence-corrected chi connectivity index (χ0v) is 13.3. The van der Waals surface area contributed by atoms with Gasteiger partial charge < -0.3 is 4.74 Å². The highest BCUT2D eigenvalue weighted by Crippen LogP contribution is 2.66. The number of fused-ring (bicyclic) bond motifs is 2. The van der Waals surface area contributed by atoms with Gasteiger partial charge in [0.25, 0.3) is 0 Å². The molecule has 0 N–H and O–H groups in total. The SMILES string of the molecule is CC(C)CCCC(=O)O[C@@H]1C[C@@H]2CC[C@@]1(C)C2(C)C. The van der Waals surface area contributed by atoms with Gasteiger partial charge in [0.15, 0.2) is 0 Å². The summed E-state index contributed by atoms with van der Waals surface area (Å²) in [4.78, 5) is 12.0. The highest BCUT2D eigenvalue weighted by atomic mass is 16.5. The predicted molar refractivity (Wildman–Crippen MR) is 77.8 cm³/mol. The molecule has 0 heterocycles. The second-order valence-electron chi connectivity index (χ2n) is 7.88. The van der Waals surface area contributed by atoms with Crippen LogP contribution < -0.4 is 0 Å². The molecule has 2 rings (SSSR count). The standard InChI is InChI=1S/C17H30O2/c1-12(2)7-6-8-15(18)19-14-11-13-9-10-17(14,5)16(13,3)4/h12-14H,6-11H2,1-5H3/t13-,14+,17+/m0/s1. The van der Waals surface area contributed by atoms with Crippen molar-refractivity contribution in [3.05, 3.63) is 0 Å². The molecule has 2 heteroatoms. The third-order valence-corrected chi connectivity index (χ3v) is 6.15. The molecule has 110 valence electrons. The number of hydrogen-bond acceptors (Lipinski definition) is 2. The van der Waals surface area contributed by atoms with Crippen molar-refractivity contribution in [3.63, 3.8) is 0 Å². The summed E-state index contributed by atoms with van der Waals surface area (Å²) >= 11 is 0. The smallest absolute Gasteiger partial charge is 0.306 e. The summed E-state index contributed by atoms with van der Waals surface area (Å²) in [6.07, 6.45) is 6.44. The molecule has 0 aromatic carbocycles. The third kappa shape index (κ3) is 2.55. The van der Waals surface area contributed by atoms with Gasteiger partial charge in [-0.2, -0.15) is 0 Å². The molecule has 0 aromatic rings. The van der Waals surface area contributed by atoms with Crippen molar-refractivity contribution < 1.29 is 9.53 Å². The van der Waals surface area contributed by atoms with Crippen LogP contribution in [0.25, 0.3) is 0 Å². The van der Waals surface area contributed by atoms with E-state index < -0.39 is 0 Å². The second-order valence-corrected chi connectivity index (χ2v) is 7.88. The number of carbonyl (C=O) groups is 1. The molecule has 19 heavy (non-hydrogen) atoms. The molecule has 2 fully saturated rings. The first kappa shape index (κ1) is 14.9. The summed E-state index contributed by atoms with van der Waals surface area (Å²) < 4.78 is 5.83. The molecular weight excluding hydrogens is 236 g/mol. The highest BCUT2D eigenvalue weighted by molar-refractivity contribution is 5.69. The maximum atomic E-state index is 12.0. The van der Waals surface area contributed by atoms with Crippen molar-refractivity contribution in [1.29, 1.82) is 0 Å². The van der Waals surface area contributed by atoms with Crippen LogP contribution >= 0.6 is 0 Å². The zero-order chi connectivity index (χ0) is 14.3. The topological polar surface area (TPSA) is 26.3 Å². The van der Waals surface area contributed by atoms with E-state index in [1.54, 1.807) is 0 Å². The molecule has 2 aliphatic carbocycles. The van der Waals surface area contributed by atoms with E-state index in [1.165, 1.54) is 12.8 Å². The molecule has 2 saturated carbocycles. The predicted octanol–water partition coefficient (Wildman–Crippen LogP) is 4.57. The van der Waals surface area contributed by atoms with Crippen LogP contribution in [0, 0.1) is 22.7 Å². The molecule has 0 radical (unpaired) electrons. The van der Waals surface area contributed by atoms with Crippen LogP contribution in [0.15, 0.2) is 0 Å². The first-order valence-corrected chi connectivity index (χ1v) is 7.97. The molecule has 0 aliphatic heterocycles. The average Bonchev–Trinajstić information content (AvgIpc) is 2.61. The third-order valence-electron chi connectivity index (χ3n) is 6.15. The Morgan fingerprint density at radius 2 is 2.00 bits per heavy atom. The minimum Gasteiger partial charge on any atom is -0.462 e. The Balaban J connectivity index is 1.86. The maximum Gasteiger partial charge on any atom is 0.306 e. The largest absolute Gasteiger partial charge is 0.462 e. The molecule has 2 aliphatic rings. The number of rotatable bonds is 5. The number of ether oxygens (including phenoxy) is 1. The van der Waals surface area contributed by atoms with Gasteiger partial charge in [0, 0.05) is 11.8 Å². The van der Waals surface area contributed by atoms with Crippen LogP contribution in [0.5, 0.6) is 0 Å². The van der Waals surface area contributed by atoms with Crippen molar-refractivity contribution in [3.8, 4) is 0 Å². The Kier molecular flexibility index (Phi) is 3.99. The molecule has 0 aromatic heterocycles.